The summed E-state index contributed by atoms with van der Waals surface area (Å²) in [5.41, 5.74) is 0. The largest absolute Gasteiger partial charge is 0.484 e. The van der Waals surface area contributed by atoms with Crippen LogP contribution in [0.4, 0.5) is 0 Å². The number of benzene rings is 1. The van der Waals surface area contributed by atoms with E-state index in [0.29, 0.717) is 10.8 Å². The molecular weight excluding hydrogens is 224 g/mol. The summed E-state index contributed by atoms with van der Waals surface area (Å²) in [5, 5.41) is 0.557. The molecule has 0 aliphatic heterocycles. The first-order valence-corrected chi connectivity index (χ1v) is 6.05. The number of ether oxygens (including phenoxy) is 1. The van der Waals surface area contributed by atoms with Crippen LogP contribution in [0.15, 0.2) is 24.3 Å². The number of Topliss-reactive ketones (excluding diaryl/α,β-unsaturated/α-hetero) is 1. The Hall–Kier alpha value is -1.02. The average Bonchev–Trinajstić information content (AvgIpc) is 2.81. The van der Waals surface area contributed by atoms with Gasteiger partial charge in [-0.3, -0.25) is 4.79 Å². The molecule has 2 nitrogen and oxygen atoms in total. The highest BCUT2D eigenvalue weighted by atomic mass is 35.5. The van der Waals surface area contributed by atoms with Crippen molar-refractivity contribution in [2.75, 3.05) is 6.61 Å². The molecule has 1 aliphatic carbocycles. The number of ketones is 1. The molecule has 1 aliphatic rings. The minimum absolute atomic E-state index is 0.147. The number of hydrogen-bond donors (Lipinski definition) is 0. The summed E-state index contributed by atoms with van der Waals surface area (Å²) in [6.07, 6.45) is 4.38. The van der Waals surface area contributed by atoms with Crippen LogP contribution in [0.25, 0.3) is 0 Å². The Labute approximate surface area is 101 Å². The molecule has 0 radical (unpaired) electrons. The van der Waals surface area contributed by atoms with E-state index < -0.39 is 0 Å². The van der Waals surface area contributed by atoms with Gasteiger partial charge in [0.15, 0.2) is 5.78 Å². The number of carbonyl (C=O) groups excluding carboxylic acids is 1. The first-order chi connectivity index (χ1) is 7.77. The molecule has 1 aromatic carbocycles. The summed E-state index contributed by atoms with van der Waals surface area (Å²) in [7, 11) is 0. The van der Waals surface area contributed by atoms with Crippen molar-refractivity contribution >= 4 is 17.4 Å². The molecule has 0 atom stereocenters. The van der Waals surface area contributed by atoms with Crippen LogP contribution in [0.3, 0.4) is 0 Å². The zero-order valence-electron chi connectivity index (χ0n) is 9.12. The average molecular weight is 239 g/mol. The summed E-state index contributed by atoms with van der Waals surface area (Å²) >= 11 is 5.93. The van der Waals surface area contributed by atoms with Crippen LogP contribution in [-0.4, -0.2) is 12.4 Å². The van der Waals surface area contributed by atoms with E-state index >= 15 is 0 Å². The molecule has 0 heterocycles. The second-order valence-electron chi connectivity index (χ2n) is 4.17. The summed E-state index contributed by atoms with van der Waals surface area (Å²) in [6.45, 7) is 0.147. The second kappa shape index (κ2) is 5.35. The van der Waals surface area contributed by atoms with Gasteiger partial charge in [0.2, 0.25) is 0 Å². The Kier molecular flexibility index (Phi) is 3.83. The van der Waals surface area contributed by atoms with E-state index in [-0.39, 0.29) is 18.3 Å². The van der Waals surface area contributed by atoms with Gasteiger partial charge in [-0.15, -0.1) is 0 Å². The Balaban J connectivity index is 1.87. The zero-order valence-corrected chi connectivity index (χ0v) is 9.87. The third kappa shape index (κ3) is 2.76. The molecule has 0 amide bonds. The number of hydrogen-bond acceptors (Lipinski definition) is 2. The monoisotopic (exact) mass is 238 g/mol. The Morgan fingerprint density at radius 3 is 2.69 bits per heavy atom. The van der Waals surface area contributed by atoms with Crippen molar-refractivity contribution in [3.8, 4) is 5.75 Å². The maximum absolute atomic E-state index is 11.8. The predicted octanol–water partition coefficient (Wildman–Crippen LogP) is 3.48. The van der Waals surface area contributed by atoms with Crippen LogP contribution in [0.1, 0.15) is 25.7 Å². The van der Waals surface area contributed by atoms with E-state index in [0.717, 1.165) is 12.8 Å². The molecule has 3 heteroatoms. The maximum Gasteiger partial charge on any atom is 0.173 e. The molecule has 2 rings (SSSR count). The topological polar surface area (TPSA) is 26.3 Å². The van der Waals surface area contributed by atoms with Gasteiger partial charge in [-0.05, 0) is 25.0 Å². The molecule has 0 spiro atoms. The summed E-state index contributed by atoms with van der Waals surface area (Å²) in [4.78, 5) is 11.8. The van der Waals surface area contributed by atoms with E-state index in [4.69, 9.17) is 16.3 Å². The van der Waals surface area contributed by atoms with E-state index in [1.54, 1.807) is 12.1 Å². The lowest BCUT2D eigenvalue weighted by atomic mass is 10.0. The van der Waals surface area contributed by atoms with Gasteiger partial charge in [-0.25, -0.2) is 0 Å². The fourth-order valence-electron chi connectivity index (χ4n) is 2.08. The van der Waals surface area contributed by atoms with Crippen LogP contribution in [0, 0.1) is 5.92 Å². The van der Waals surface area contributed by atoms with Crippen LogP contribution < -0.4 is 4.74 Å². The molecule has 0 saturated heterocycles. The number of halogens is 1. The first kappa shape index (κ1) is 11.5. The molecule has 0 N–H and O–H groups in total. The smallest absolute Gasteiger partial charge is 0.173 e. The summed E-state index contributed by atoms with van der Waals surface area (Å²) < 4.78 is 5.43. The molecule has 16 heavy (non-hydrogen) atoms. The van der Waals surface area contributed by atoms with E-state index in [2.05, 4.69) is 0 Å². The normalized spacial score (nSPS) is 16.3. The lowest BCUT2D eigenvalue weighted by Gasteiger charge is -2.10. The van der Waals surface area contributed by atoms with Crippen molar-refractivity contribution in [3.63, 3.8) is 0 Å². The van der Waals surface area contributed by atoms with Gasteiger partial charge < -0.3 is 4.74 Å². The zero-order chi connectivity index (χ0) is 11.4. The van der Waals surface area contributed by atoms with Gasteiger partial charge in [-0.1, -0.05) is 36.6 Å². The number of rotatable bonds is 4. The third-order valence-electron chi connectivity index (χ3n) is 3.02. The van der Waals surface area contributed by atoms with Crippen molar-refractivity contribution in [1.29, 1.82) is 0 Å². The third-order valence-corrected chi connectivity index (χ3v) is 3.33. The molecule has 0 aromatic heterocycles. The van der Waals surface area contributed by atoms with Gasteiger partial charge in [0.05, 0.1) is 5.02 Å². The fraction of sp³-hybridized carbons (Fsp3) is 0.462. The van der Waals surface area contributed by atoms with Gasteiger partial charge in [0.25, 0.3) is 0 Å². The number of carbonyl (C=O) groups is 1. The Morgan fingerprint density at radius 1 is 1.31 bits per heavy atom. The second-order valence-corrected chi connectivity index (χ2v) is 4.57. The Morgan fingerprint density at radius 2 is 2.00 bits per heavy atom. The van der Waals surface area contributed by atoms with Gasteiger partial charge in [0, 0.05) is 5.92 Å². The standard InChI is InChI=1S/C13H15ClO2/c14-11-7-3-4-8-13(11)16-9-12(15)10-5-1-2-6-10/h3-4,7-8,10H,1-2,5-6,9H2. The highest BCUT2D eigenvalue weighted by Gasteiger charge is 2.22. The first-order valence-electron chi connectivity index (χ1n) is 5.67. The van der Waals surface area contributed by atoms with Gasteiger partial charge in [0.1, 0.15) is 12.4 Å². The van der Waals surface area contributed by atoms with Gasteiger partial charge >= 0.3 is 0 Å². The molecule has 1 saturated carbocycles. The highest BCUT2D eigenvalue weighted by molar-refractivity contribution is 6.32. The lowest BCUT2D eigenvalue weighted by molar-refractivity contribution is -0.124. The Bertz CT molecular complexity index is 370. The lowest BCUT2D eigenvalue weighted by Crippen LogP contribution is -2.19. The fourth-order valence-corrected chi connectivity index (χ4v) is 2.27. The van der Waals surface area contributed by atoms with Crippen molar-refractivity contribution < 1.29 is 9.53 Å². The minimum Gasteiger partial charge on any atom is -0.484 e. The molecule has 1 aromatic rings. The van der Waals surface area contributed by atoms with Crippen LogP contribution >= 0.6 is 11.6 Å². The quantitative estimate of drug-likeness (QED) is 0.803. The van der Waals surface area contributed by atoms with Crippen molar-refractivity contribution in [3.05, 3.63) is 29.3 Å². The number of para-hydroxylation sites is 1. The van der Waals surface area contributed by atoms with E-state index in [1.165, 1.54) is 12.8 Å². The molecule has 1 fully saturated rings. The van der Waals surface area contributed by atoms with Crippen LogP contribution in [0.5, 0.6) is 5.75 Å². The van der Waals surface area contributed by atoms with Crippen LogP contribution in [-0.2, 0) is 4.79 Å². The molecular formula is C13H15ClO2. The van der Waals surface area contributed by atoms with E-state index in [9.17, 15) is 4.79 Å². The maximum atomic E-state index is 11.8. The molecule has 86 valence electrons. The van der Waals surface area contributed by atoms with Crippen molar-refractivity contribution in [2.45, 2.75) is 25.7 Å². The van der Waals surface area contributed by atoms with Crippen molar-refractivity contribution in [2.24, 2.45) is 5.92 Å². The van der Waals surface area contributed by atoms with Gasteiger partial charge in [-0.2, -0.15) is 0 Å². The minimum atomic E-state index is 0.147. The van der Waals surface area contributed by atoms with Crippen LogP contribution in [0.2, 0.25) is 5.02 Å². The van der Waals surface area contributed by atoms with Crippen molar-refractivity contribution in [1.82, 2.24) is 0 Å². The summed E-state index contributed by atoms with van der Waals surface area (Å²) in [5.74, 6) is 1.01. The molecule has 0 bridgehead atoms. The highest BCUT2D eigenvalue weighted by Crippen LogP contribution is 2.27. The predicted molar refractivity (Wildman–Crippen MR) is 63.9 cm³/mol. The SMILES string of the molecule is O=C(COc1ccccc1Cl)C1CCCC1. The molecule has 0 unspecified atom stereocenters. The summed E-state index contributed by atoms with van der Waals surface area (Å²) in [6, 6.07) is 7.23. The van der Waals surface area contributed by atoms with E-state index in [1.807, 2.05) is 12.1 Å².